The number of nitrogens with zero attached hydrogens (tertiary/aromatic N) is 1. The van der Waals surface area contributed by atoms with Crippen molar-refractivity contribution in [3.8, 4) is 11.6 Å². The molecule has 1 N–H and O–H groups in total. The molecule has 3 nitrogen and oxygen atoms in total. The highest BCUT2D eigenvalue weighted by Gasteiger charge is 2.20. The topological polar surface area (TPSA) is 34.1 Å². The van der Waals surface area contributed by atoms with Gasteiger partial charge in [0, 0.05) is 28.8 Å². The van der Waals surface area contributed by atoms with Crippen LogP contribution in [0.15, 0.2) is 34.8 Å². The number of halogens is 1. The first-order valence-corrected chi connectivity index (χ1v) is 8.05. The SMILES string of the molecule is Cc1cc(Br)ccc1Oc1ccc(CNC2CC2)c(C)n1. The number of hydrogen-bond donors (Lipinski definition) is 1. The molecular weight excluding hydrogens is 328 g/mol. The van der Waals surface area contributed by atoms with Gasteiger partial charge in [-0.1, -0.05) is 22.0 Å². The lowest BCUT2D eigenvalue weighted by atomic mass is 10.2. The van der Waals surface area contributed by atoms with E-state index in [4.69, 9.17) is 4.74 Å². The van der Waals surface area contributed by atoms with Crippen LogP contribution in [0, 0.1) is 13.8 Å². The van der Waals surface area contributed by atoms with Gasteiger partial charge in [0.05, 0.1) is 0 Å². The molecule has 21 heavy (non-hydrogen) atoms. The quantitative estimate of drug-likeness (QED) is 0.864. The summed E-state index contributed by atoms with van der Waals surface area (Å²) in [6.45, 7) is 4.95. The molecule has 3 rings (SSSR count). The van der Waals surface area contributed by atoms with Gasteiger partial charge >= 0.3 is 0 Å². The number of nitrogens with one attached hydrogen (secondary N) is 1. The minimum Gasteiger partial charge on any atom is -0.439 e. The predicted molar refractivity (Wildman–Crippen MR) is 87.8 cm³/mol. The molecule has 0 spiro atoms. The summed E-state index contributed by atoms with van der Waals surface area (Å²) in [7, 11) is 0. The lowest BCUT2D eigenvalue weighted by Crippen LogP contribution is -2.16. The molecule has 1 heterocycles. The number of ether oxygens (including phenoxy) is 1. The van der Waals surface area contributed by atoms with Crippen LogP contribution in [-0.2, 0) is 6.54 Å². The molecule has 0 aliphatic heterocycles. The Balaban J connectivity index is 1.71. The first kappa shape index (κ1) is 14.5. The molecule has 1 fully saturated rings. The van der Waals surface area contributed by atoms with E-state index >= 15 is 0 Å². The first-order chi connectivity index (χ1) is 10.1. The summed E-state index contributed by atoms with van der Waals surface area (Å²) in [5.41, 5.74) is 3.35. The van der Waals surface area contributed by atoms with Crippen LogP contribution in [0.25, 0.3) is 0 Å². The standard InChI is InChI=1S/C17H19BrN2O/c1-11-9-14(18)4-7-16(11)21-17-8-3-13(12(2)20-17)10-19-15-5-6-15/h3-4,7-9,15,19H,5-6,10H2,1-2H3. The van der Waals surface area contributed by atoms with Crippen molar-refractivity contribution in [1.29, 1.82) is 0 Å². The maximum Gasteiger partial charge on any atom is 0.219 e. The van der Waals surface area contributed by atoms with E-state index in [1.165, 1.54) is 18.4 Å². The average Bonchev–Trinajstić information content (AvgIpc) is 3.25. The second-order valence-electron chi connectivity index (χ2n) is 5.56. The van der Waals surface area contributed by atoms with Gasteiger partial charge in [0.25, 0.3) is 0 Å². The smallest absolute Gasteiger partial charge is 0.219 e. The summed E-state index contributed by atoms with van der Waals surface area (Å²) in [4.78, 5) is 4.56. The molecule has 1 saturated carbocycles. The highest BCUT2D eigenvalue weighted by atomic mass is 79.9. The predicted octanol–water partition coefficient (Wildman–Crippen LogP) is 4.51. The lowest BCUT2D eigenvalue weighted by molar-refractivity contribution is 0.457. The monoisotopic (exact) mass is 346 g/mol. The third kappa shape index (κ3) is 3.83. The van der Waals surface area contributed by atoms with E-state index in [1.807, 2.05) is 38.1 Å². The van der Waals surface area contributed by atoms with Crippen molar-refractivity contribution in [2.24, 2.45) is 0 Å². The first-order valence-electron chi connectivity index (χ1n) is 7.26. The fraction of sp³-hybridized carbons (Fsp3) is 0.353. The van der Waals surface area contributed by atoms with Gasteiger partial charge in [-0.2, -0.15) is 0 Å². The Morgan fingerprint density at radius 1 is 1.24 bits per heavy atom. The Hall–Kier alpha value is -1.39. The minimum absolute atomic E-state index is 0.646. The van der Waals surface area contributed by atoms with Crippen molar-refractivity contribution in [3.05, 3.63) is 51.6 Å². The van der Waals surface area contributed by atoms with Crippen molar-refractivity contribution in [2.45, 2.75) is 39.3 Å². The Labute approximate surface area is 133 Å². The van der Waals surface area contributed by atoms with Gasteiger partial charge < -0.3 is 10.1 Å². The molecule has 0 radical (unpaired) electrons. The Bertz CT molecular complexity index is 653. The molecule has 0 atom stereocenters. The number of aryl methyl sites for hydroxylation is 2. The fourth-order valence-electron chi connectivity index (χ4n) is 2.19. The highest BCUT2D eigenvalue weighted by Crippen LogP contribution is 2.27. The largest absolute Gasteiger partial charge is 0.439 e. The van der Waals surface area contributed by atoms with E-state index in [2.05, 4.69) is 32.3 Å². The van der Waals surface area contributed by atoms with Crippen molar-refractivity contribution >= 4 is 15.9 Å². The van der Waals surface area contributed by atoms with Crippen LogP contribution in [0.2, 0.25) is 0 Å². The molecule has 0 bridgehead atoms. The fourth-order valence-corrected chi connectivity index (χ4v) is 2.67. The van der Waals surface area contributed by atoms with Gasteiger partial charge in [-0.05, 0) is 56.0 Å². The third-order valence-corrected chi connectivity index (χ3v) is 4.17. The molecule has 110 valence electrons. The van der Waals surface area contributed by atoms with Gasteiger partial charge in [-0.25, -0.2) is 4.98 Å². The Kier molecular flexibility index (Phi) is 4.27. The molecule has 1 aromatic heterocycles. The Morgan fingerprint density at radius 2 is 2.05 bits per heavy atom. The normalized spacial score (nSPS) is 14.2. The number of rotatable bonds is 5. The van der Waals surface area contributed by atoms with E-state index in [0.717, 1.165) is 28.0 Å². The van der Waals surface area contributed by atoms with Crippen molar-refractivity contribution in [1.82, 2.24) is 10.3 Å². The van der Waals surface area contributed by atoms with E-state index in [9.17, 15) is 0 Å². The zero-order valence-electron chi connectivity index (χ0n) is 12.3. The van der Waals surface area contributed by atoms with Crippen molar-refractivity contribution < 1.29 is 4.74 Å². The van der Waals surface area contributed by atoms with E-state index in [-0.39, 0.29) is 0 Å². The van der Waals surface area contributed by atoms with E-state index in [0.29, 0.717) is 11.9 Å². The molecule has 0 unspecified atom stereocenters. The summed E-state index contributed by atoms with van der Waals surface area (Å²) in [5, 5.41) is 3.51. The number of pyridine rings is 1. The van der Waals surface area contributed by atoms with Crippen molar-refractivity contribution in [2.75, 3.05) is 0 Å². The van der Waals surface area contributed by atoms with Crippen molar-refractivity contribution in [3.63, 3.8) is 0 Å². The van der Waals surface area contributed by atoms with Crippen LogP contribution < -0.4 is 10.1 Å². The number of aromatic nitrogens is 1. The molecule has 1 aromatic carbocycles. The molecular formula is C17H19BrN2O. The third-order valence-electron chi connectivity index (χ3n) is 3.68. The maximum atomic E-state index is 5.89. The van der Waals surface area contributed by atoms with Gasteiger partial charge in [0.15, 0.2) is 0 Å². The summed E-state index contributed by atoms with van der Waals surface area (Å²) >= 11 is 3.46. The average molecular weight is 347 g/mol. The molecule has 1 aliphatic carbocycles. The lowest BCUT2D eigenvalue weighted by Gasteiger charge is -2.11. The van der Waals surface area contributed by atoms with E-state index < -0.39 is 0 Å². The highest BCUT2D eigenvalue weighted by molar-refractivity contribution is 9.10. The van der Waals surface area contributed by atoms with Gasteiger partial charge in [-0.3, -0.25) is 0 Å². The van der Waals surface area contributed by atoms with Gasteiger partial charge in [0.2, 0.25) is 5.88 Å². The summed E-state index contributed by atoms with van der Waals surface area (Å²) in [6.07, 6.45) is 2.60. The molecule has 1 aliphatic rings. The van der Waals surface area contributed by atoms with Crippen LogP contribution in [-0.4, -0.2) is 11.0 Å². The van der Waals surface area contributed by atoms with Crippen LogP contribution in [0.1, 0.15) is 29.7 Å². The van der Waals surface area contributed by atoms with Crippen LogP contribution >= 0.6 is 15.9 Å². The van der Waals surface area contributed by atoms with Crippen LogP contribution in [0.4, 0.5) is 0 Å². The Morgan fingerprint density at radius 3 is 2.71 bits per heavy atom. The molecule has 0 amide bonds. The second kappa shape index (κ2) is 6.16. The van der Waals surface area contributed by atoms with Crippen LogP contribution in [0.3, 0.4) is 0 Å². The zero-order chi connectivity index (χ0) is 14.8. The molecule has 0 saturated heterocycles. The summed E-state index contributed by atoms with van der Waals surface area (Å²) < 4.78 is 6.94. The minimum atomic E-state index is 0.646. The zero-order valence-corrected chi connectivity index (χ0v) is 13.9. The summed E-state index contributed by atoms with van der Waals surface area (Å²) in [5.74, 6) is 1.49. The number of hydrogen-bond acceptors (Lipinski definition) is 3. The molecule has 4 heteroatoms. The van der Waals surface area contributed by atoms with Gasteiger partial charge in [0.1, 0.15) is 5.75 Å². The van der Waals surface area contributed by atoms with E-state index in [1.54, 1.807) is 0 Å². The molecule has 2 aromatic rings. The number of benzene rings is 1. The van der Waals surface area contributed by atoms with Gasteiger partial charge in [-0.15, -0.1) is 0 Å². The second-order valence-corrected chi connectivity index (χ2v) is 6.48. The van der Waals surface area contributed by atoms with Crippen LogP contribution in [0.5, 0.6) is 11.6 Å². The summed E-state index contributed by atoms with van der Waals surface area (Å²) in [6, 6.07) is 10.7. The maximum absolute atomic E-state index is 5.89.